The Hall–Kier alpha value is -0.420. The van der Waals surface area contributed by atoms with Gasteiger partial charge in [-0.05, 0) is 70.5 Å². The van der Waals surface area contributed by atoms with E-state index in [4.69, 9.17) is 4.74 Å². The summed E-state index contributed by atoms with van der Waals surface area (Å²) in [5.74, 6) is 3.00. The van der Waals surface area contributed by atoms with E-state index in [1.54, 1.807) is 0 Å². The molecule has 1 atom stereocenters. The molecule has 1 rings (SSSR count). The predicted octanol–water partition coefficient (Wildman–Crippen LogP) is 3.37. The number of piperidine rings is 1. The number of thioether (sulfide) groups is 1. The lowest BCUT2D eigenvalue weighted by Crippen LogP contribution is -2.45. The van der Waals surface area contributed by atoms with E-state index in [1.165, 1.54) is 24.3 Å². The van der Waals surface area contributed by atoms with Gasteiger partial charge in [0.2, 0.25) is 0 Å². The fraction of sp³-hybridized carbons (Fsp3) is 0.938. The van der Waals surface area contributed by atoms with E-state index in [0.29, 0.717) is 5.92 Å². The van der Waals surface area contributed by atoms with Crippen LogP contribution in [-0.2, 0) is 4.74 Å². The van der Waals surface area contributed by atoms with Crippen molar-refractivity contribution >= 4 is 17.9 Å². The van der Waals surface area contributed by atoms with Crippen molar-refractivity contribution in [1.29, 1.82) is 0 Å². The molecule has 1 heterocycles. The summed E-state index contributed by atoms with van der Waals surface area (Å²) in [6, 6.07) is 0. The fourth-order valence-corrected chi connectivity index (χ4v) is 3.11. The van der Waals surface area contributed by atoms with Crippen LogP contribution in [0, 0.1) is 5.92 Å². The molecule has 0 aromatic heterocycles. The van der Waals surface area contributed by atoms with Crippen LogP contribution in [0.15, 0.2) is 0 Å². The van der Waals surface area contributed by atoms with Crippen molar-refractivity contribution in [3.8, 4) is 0 Å². The van der Waals surface area contributed by atoms with E-state index in [-0.39, 0.29) is 6.09 Å². The Bertz CT molecular complexity index is 305. The van der Waals surface area contributed by atoms with Gasteiger partial charge in [-0.1, -0.05) is 6.92 Å². The van der Waals surface area contributed by atoms with Crippen LogP contribution in [0.3, 0.4) is 0 Å². The molecule has 5 heteroatoms. The molecule has 1 saturated heterocycles. The summed E-state index contributed by atoms with van der Waals surface area (Å²) in [5.41, 5.74) is -0.404. The van der Waals surface area contributed by atoms with Gasteiger partial charge in [0.05, 0.1) is 0 Å². The molecule has 0 radical (unpaired) electrons. The number of ether oxygens (including phenoxy) is 1. The summed E-state index contributed by atoms with van der Waals surface area (Å²) >= 11 is 1.99. The van der Waals surface area contributed by atoms with Crippen molar-refractivity contribution in [2.24, 2.45) is 5.92 Å². The van der Waals surface area contributed by atoms with E-state index in [1.807, 2.05) is 37.4 Å². The Morgan fingerprint density at radius 2 is 2.19 bits per heavy atom. The fourth-order valence-electron chi connectivity index (χ4n) is 2.47. The molecule has 0 aliphatic carbocycles. The minimum absolute atomic E-state index is 0.161. The van der Waals surface area contributed by atoms with Crippen molar-refractivity contribution in [3.05, 3.63) is 0 Å². The van der Waals surface area contributed by atoms with E-state index in [0.717, 1.165) is 32.6 Å². The average molecular weight is 317 g/mol. The van der Waals surface area contributed by atoms with Crippen LogP contribution in [0.2, 0.25) is 0 Å². The van der Waals surface area contributed by atoms with Crippen molar-refractivity contribution in [2.45, 2.75) is 52.6 Å². The molecular formula is C16H32N2O2S. The summed E-state index contributed by atoms with van der Waals surface area (Å²) in [7, 11) is 0. The third-order valence-corrected chi connectivity index (χ3v) is 4.44. The average Bonchev–Trinajstić information content (AvgIpc) is 2.41. The zero-order valence-electron chi connectivity index (χ0n) is 14.1. The first-order valence-electron chi connectivity index (χ1n) is 8.18. The molecule has 1 aliphatic heterocycles. The topological polar surface area (TPSA) is 41.6 Å². The highest BCUT2D eigenvalue weighted by Crippen LogP contribution is 2.18. The van der Waals surface area contributed by atoms with Gasteiger partial charge in [0, 0.05) is 13.1 Å². The maximum absolute atomic E-state index is 12.1. The molecule has 1 amide bonds. The lowest BCUT2D eigenvalue weighted by molar-refractivity contribution is 0.0166. The van der Waals surface area contributed by atoms with Crippen LogP contribution < -0.4 is 5.32 Å². The number of hydrogen-bond acceptors (Lipinski definition) is 4. The standard InChI is InChI=1S/C16H32N2O2S/c1-5-21-11-7-9-17-12-14-8-6-10-18(13-14)15(19)20-16(2,3)4/h14,17H,5-13H2,1-4H3. The monoisotopic (exact) mass is 316 g/mol. The van der Waals surface area contributed by atoms with Crippen molar-refractivity contribution in [3.63, 3.8) is 0 Å². The van der Waals surface area contributed by atoms with E-state index in [9.17, 15) is 4.79 Å². The van der Waals surface area contributed by atoms with Gasteiger partial charge in [0.25, 0.3) is 0 Å². The lowest BCUT2D eigenvalue weighted by Gasteiger charge is -2.34. The molecule has 0 saturated carbocycles. The molecule has 1 unspecified atom stereocenters. The molecule has 0 bridgehead atoms. The highest BCUT2D eigenvalue weighted by Gasteiger charge is 2.27. The zero-order chi connectivity index (χ0) is 15.7. The first kappa shape index (κ1) is 18.6. The second kappa shape index (κ2) is 9.57. The Morgan fingerprint density at radius 3 is 2.86 bits per heavy atom. The highest BCUT2D eigenvalue weighted by atomic mass is 32.2. The van der Waals surface area contributed by atoms with Gasteiger partial charge in [0.15, 0.2) is 0 Å². The van der Waals surface area contributed by atoms with Gasteiger partial charge < -0.3 is 15.0 Å². The Kier molecular flexibility index (Phi) is 8.49. The molecule has 0 aromatic carbocycles. The molecule has 4 nitrogen and oxygen atoms in total. The molecule has 0 spiro atoms. The SMILES string of the molecule is CCSCCCNCC1CCCN(C(=O)OC(C)(C)C)C1. The molecule has 0 aromatic rings. The van der Waals surface area contributed by atoms with Crippen molar-refractivity contribution in [2.75, 3.05) is 37.7 Å². The molecule has 1 fully saturated rings. The summed E-state index contributed by atoms with van der Waals surface area (Å²) < 4.78 is 5.46. The molecule has 21 heavy (non-hydrogen) atoms. The molecular weight excluding hydrogens is 284 g/mol. The van der Waals surface area contributed by atoms with Gasteiger partial charge in [-0.3, -0.25) is 0 Å². The van der Waals surface area contributed by atoms with Crippen LogP contribution in [0.1, 0.15) is 47.0 Å². The minimum Gasteiger partial charge on any atom is -0.444 e. The number of likely N-dealkylation sites (tertiary alicyclic amines) is 1. The molecule has 1 N–H and O–H groups in total. The molecule has 124 valence electrons. The maximum Gasteiger partial charge on any atom is 0.410 e. The third-order valence-electron chi connectivity index (χ3n) is 3.45. The van der Waals surface area contributed by atoms with E-state index >= 15 is 0 Å². The highest BCUT2D eigenvalue weighted by molar-refractivity contribution is 7.99. The number of nitrogens with zero attached hydrogens (tertiary/aromatic N) is 1. The van der Waals surface area contributed by atoms with Gasteiger partial charge in [-0.25, -0.2) is 4.79 Å². The van der Waals surface area contributed by atoms with Crippen LogP contribution in [0.25, 0.3) is 0 Å². The van der Waals surface area contributed by atoms with Crippen LogP contribution >= 0.6 is 11.8 Å². The normalized spacial score (nSPS) is 19.6. The third kappa shape index (κ3) is 8.57. The summed E-state index contributed by atoms with van der Waals surface area (Å²) in [4.78, 5) is 14.0. The van der Waals surface area contributed by atoms with Crippen LogP contribution in [0.5, 0.6) is 0 Å². The summed E-state index contributed by atoms with van der Waals surface area (Å²) in [5, 5.41) is 3.53. The second-order valence-electron chi connectivity index (χ2n) is 6.69. The number of amides is 1. The predicted molar refractivity (Wildman–Crippen MR) is 91.0 cm³/mol. The summed E-state index contributed by atoms with van der Waals surface area (Å²) in [6.45, 7) is 11.7. The summed E-state index contributed by atoms with van der Waals surface area (Å²) in [6.07, 6.45) is 3.35. The lowest BCUT2D eigenvalue weighted by atomic mass is 9.98. The van der Waals surface area contributed by atoms with E-state index < -0.39 is 5.60 Å². The largest absolute Gasteiger partial charge is 0.444 e. The van der Waals surface area contributed by atoms with E-state index in [2.05, 4.69) is 12.2 Å². The van der Waals surface area contributed by atoms with Gasteiger partial charge >= 0.3 is 6.09 Å². The quantitative estimate of drug-likeness (QED) is 0.731. The zero-order valence-corrected chi connectivity index (χ0v) is 14.9. The number of nitrogens with one attached hydrogen (secondary N) is 1. The van der Waals surface area contributed by atoms with Crippen LogP contribution in [-0.4, -0.2) is 54.3 Å². The number of hydrogen-bond donors (Lipinski definition) is 1. The van der Waals surface area contributed by atoms with Gasteiger partial charge in [-0.15, -0.1) is 0 Å². The van der Waals surface area contributed by atoms with Crippen LogP contribution in [0.4, 0.5) is 4.79 Å². The number of carbonyl (C=O) groups is 1. The Labute approximate surface area is 134 Å². The smallest absolute Gasteiger partial charge is 0.410 e. The molecule has 1 aliphatic rings. The Balaban J connectivity index is 2.21. The van der Waals surface area contributed by atoms with Gasteiger partial charge in [-0.2, -0.15) is 11.8 Å². The number of rotatable bonds is 7. The second-order valence-corrected chi connectivity index (χ2v) is 8.08. The first-order valence-corrected chi connectivity index (χ1v) is 9.34. The van der Waals surface area contributed by atoms with Crippen molar-refractivity contribution in [1.82, 2.24) is 10.2 Å². The minimum atomic E-state index is -0.404. The van der Waals surface area contributed by atoms with Gasteiger partial charge in [0.1, 0.15) is 5.60 Å². The Morgan fingerprint density at radius 1 is 1.43 bits per heavy atom. The maximum atomic E-state index is 12.1. The van der Waals surface area contributed by atoms with Crippen molar-refractivity contribution < 1.29 is 9.53 Å². The number of carbonyl (C=O) groups excluding carboxylic acids is 1. The first-order chi connectivity index (χ1) is 9.92.